The van der Waals surface area contributed by atoms with Gasteiger partial charge in [-0.3, -0.25) is 19.7 Å². The highest BCUT2D eigenvalue weighted by molar-refractivity contribution is 5.95. The van der Waals surface area contributed by atoms with Crippen LogP contribution in [-0.2, 0) is 25.7 Å². The third-order valence-electron chi connectivity index (χ3n) is 4.98. The average molecular weight is 362 g/mol. The smallest absolute Gasteiger partial charge is 0.321 e. The van der Waals surface area contributed by atoms with Gasteiger partial charge in [-0.15, -0.1) is 0 Å². The number of hydrogen-bond acceptors (Lipinski definition) is 6. The molecule has 1 unspecified atom stereocenters. The van der Waals surface area contributed by atoms with Crippen LogP contribution in [-0.4, -0.2) is 30.3 Å². The first-order valence-corrected chi connectivity index (χ1v) is 8.83. The minimum Gasteiger partial charge on any atom is -0.467 e. The van der Waals surface area contributed by atoms with Crippen molar-refractivity contribution < 1.29 is 28.3 Å². The number of furan rings is 1. The Hall–Kier alpha value is -2.64. The van der Waals surface area contributed by atoms with Gasteiger partial charge in [0.1, 0.15) is 11.5 Å². The maximum absolute atomic E-state index is 12.2. The van der Waals surface area contributed by atoms with E-state index >= 15 is 0 Å². The second kappa shape index (κ2) is 8.16. The van der Waals surface area contributed by atoms with Crippen molar-refractivity contribution in [1.29, 1.82) is 0 Å². The van der Waals surface area contributed by atoms with Crippen LogP contribution in [0.25, 0.3) is 0 Å². The minimum absolute atomic E-state index is 0.0544. The lowest BCUT2D eigenvalue weighted by Crippen LogP contribution is -2.42. The van der Waals surface area contributed by atoms with E-state index in [1.165, 1.54) is 6.26 Å². The van der Waals surface area contributed by atoms with Crippen LogP contribution in [0.1, 0.15) is 37.9 Å². The van der Waals surface area contributed by atoms with Gasteiger partial charge < -0.3 is 14.5 Å². The Morgan fingerprint density at radius 2 is 1.92 bits per heavy atom. The van der Waals surface area contributed by atoms with Crippen molar-refractivity contribution in [2.75, 3.05) is 6.61 Å². The van der Waals surface area contributed by atoms with Gasteiger partial charge in [0, 0.05) is 11.8 Å². The van der Waals surface area contributed by atoms with E-state index in [1.807, 2.05) is 0 Å². The van der Waals surface area contributed by atoms with E-state index in [0.717, 1.165) is 19.3 Å². The highest BCUT2D eigenvalue weighted by Gasteiger charge is 2.41. The fraction of sp³-hybridized carbons (Fsp3) is 0.556. The Morgan fingerprint density at radius 1 is 1.19 bits per heavy atom. The zero-order valence-corrected chi connectivity index (χ0v) is 14.4. The molecule has 2 saturated carbocycles. The maximum Gasteiger partial charge on any atom is 0.321 e. The standard InChI is InChI=1S/C18H22N2O6/c21-15(20-18(24)19-9-14-5-2-6-25-14)10-26-17(23)13-7-11-3-1-4-12(8-13)16(11)22/h2,5-6,11-13H,1,3-4,7-10H2,(H2,19,20,21,24)/t11-,12+,13?. The van der Waals surface area contributed by atoms with Gasteiger partial charge in [0.15, 0.2) is 6.61 Å². The molecule has 2 aliphatic carbocycles. The van der Waals surface area contributed by atoms with E-state index in [0.29, 0.717) is 18.6 Å². The van der Waals surface area contributed by atoms with E-state index in [1.54, 1.807) is 12.1 Å². The number of ketones is 1. The van der Waals surface area contributed by atoms with Crippen LogP contribution in [0.4, 0.5) is 4.79 Å². The minimum atomic E-state index is -0.706. The summed E-state index contributed by atoms with van der Waals surface area (Å²) in [6.45, 7) is -0.377. The highest BCUT2D eigenvalue weighted by atomic mass is 16.5. The molecular formula is C18H22N2O6. The molecule has 2 N–H and O–H groups in total. The summed E-state index contributed by atoms with van der Waals surface area (Å²) in [7, 11) is 0. The van der Waals surface area contributed by atoms with Crippen molar-refractivity contribution in [2.45, 2.75) is 38.6 Å². The number of urea groups is 1. The van der Waals surface area contributed by atoms with Crippen molar-refractivity contribution in [3.63, 3.8) is 0 Å². The lowest BCUT2D eigenvalue weighted by atomic mass is 9.67. The molecule has 1 heterocycles. The highest BCUT2D eigenvalue weighted by Crippen LogP contribution is 2.40. The number of Topliss-reactive ketones (excluding diaryl/α,β-unsaturated/α-hetero) is 1. The number of nitrogens with one attached hydrogen (secondary N) is 2. The summed E-state index contributed by atoms with van der Waals surface area (Å²) in [5.41, 5.74) is 0. The van der Waals surface area contributed by atoms with Gasteiger partial charge in [0.05, 0.1) is 18.7 Å². The van der Waals surface area contributed by atoms with Crippen molar-refractivity contribution in [2.24, 2.45) is 17.8 Å². The average Bonchev–Trinajstić information content (AvgIpc) is 3.11. The number of ether oxygens (including phenoxy) is 1. The number of hydrogen-bond donors (Lipinski definition) is 2. The van der Waals surface area contributed by atoms with Crippen molar-refractivity contribution >= 4 is 23.7 Å². The Morgan fingerprint density at radius 3 is 2.58 bits per heavy atom. The number of rotatable bonds is 5. The summed E-state index contributed by atoms with van der Waals surface area (Å²) in [4.78, 5) is 47.5. The Balaban J connectivity index is 1.38. The molecule has 2 fully saturated rings. The fourth-order valence-electron chi connectivity index (χ4n) is 3.71. The number of carbonyl (C=O) groups is 4. The van der Waals surface area contributed by atoms with E-state index in [4.69, 9.17) is 9.15 Å². The molecule has 3 amide bonds. The van der Waals surface area contributed by atoms with Gasteiger partial charge in [-0.05, 0) is 37.8 Å². The summed E-state index contributed by atoms with van der Waals surface area (Å²) in [6, 6.07) is 2.68. The lowest BCUT2D eigenvalue weighted by Gasteiger charge is -2.36. The van der Waals surface area contributed by atoms with Crippen LogP contribution in [0.3, 0.4) is 0 Å². The molecule has 26 heavy (non-hydrogen) atoms. The zero-order valence-electron chi connectivity index (χ0n) is 14.4. The van der Waals surface area contributed by atoms with Gasteiger partial charge in [-0.2, -0.15) is 0 Å². The summed E-state index contributed by atoms with van der Waals surface area (Å²) < 4.78 is 10.1. The molecule has 0 saturated heterocycles. The van der Waals surface area contributed by atoms with Crippen molar-refractivity contribution in [1.82, 2.24) is 10.6 Å². The monoisotopic (exact) mass is 362 g/mol. The summed E-state index contributed by atoms with van der Waals surface area (Å²) in [5.74, 6) is -0.809. The lowest BCUT2D eigenvalue weighted by molar-refractivity contribution is -0.156. The third kappa shape index (κ3) is 4.50. The predicted octanol–water partition coefficient (Wildman–Crippen LogP) is 1.54. The summed E-state index contributed by atoms with van der Waals surface area (Å²) in [6.07, 6.45) is 5.16. The maximum atomic E-state index is 12.2. The molecule has 2 aliphatic rings. The molecule has 0 spiro atoms. The quantitative estimate of drug-likeness (QED) is 0.768. The summed E-state index contributed by atoms with van der Waals surface area (Å²) in [5, 5.41) is 4.54. The van der Waals surface area contributed by atoms with Crippen LogP contribution < -0.4 is 10.6 Å². The second-order valence-electron chi connectivity index (χ2n) is 6.81. The Labute approximate surface area is 150 Å². The van der Waals surface area contributed by atoms with Gasteiger partial charge in [-0.1, -0.05) is 6.42 Å². The largest absolute Gasteiger partial charge is 0.467 e. The Bertz CT molecular complexity index is 668. The van der Waals surface area contributed by atoms with Crippen LogP contribution in [0.5, 0.6) is 0 Å². The number of amides is 3. The number of esters is 1. The first kappa shape index (κ1) is 18.2. The fourth-order valence-corrected chi connectivity index (χ4v) is 3.71. The van der Waals surface area contributed by atoms with Crippen LogP contribution >= 0.6 is 0 Å². The Kier molecular flexibility index (Phi) is 5.70. The molecule has 3 atom stereocenters. The second-order valence-corrected chi connectivity index (χ2v) is 6.81. The van der Waals surface area contributed by atoms with E-state index < -0.39 is 24.5 Å². The van der Waals surface area contributed by atoms with E-state index in [-0.39, 0.29) is 30.1 Å². The number of imide groups is 1. The molecule has 1 aromatic rings. The van der Waals surface area contributed by atoms with Crippen molar-refractivity contribution in [3.05, 3.63) is 24.2 Å². The molecular weight excluding hydrogens is 340 g/mol. The molecule has 0 radical (unpaired) electrons. The van der Waals surface area contributed by atoms with E-state index in [2.05, 4.69) is 10.6 Å². The van der Waals surface area contributed by atoms with E-state index in [9.17, 15) is 19.2 Å². The molecule has 140 valence electrons. The number of carbonyl (C=O) groups excluding carboxylic acids is 4. The molecule has 1 aromatic heterocycles. The van der Waals surface area contributed by atoms with Crippen molar-refractivity contribution in [3.8, 4) is 0 Å². The van der Waals surface area contributed by atoms with Gasteiger partial charge >= 0.3 is 12.0 Å². The SMILES string of the molecule is O=C(COC(=O)C1C[C@H]2CCC[C@@H](C1)C2=O)NC(=O)NCc1ccco1. The molecule has 0 aliphatic heterocycles. The zero-order chi connectivity index (χ0) is 18.5. The van der Waals surface area contributed by atoms with Gasteiger partial charge in [0.25, 0.3) is 5.91 Å². The first-order chi connectivity index (χ1) is 12.5. The molecule has 8 nitrogen and oxygen atoms in total. The summed E-state index contributed by atoms with van der Waals surface area (Å²) >= 11 is 0. The molecule has 8 heteroatoms. The topological polar surface area (TPSA) is 115 Å². The number of fused-ring (bicyclic) bond motifs is 2. The van der Waals surface area contributed by atoms with Crippen LogP contribution in [0.15, 0.2) is 22.8 Å². The predicted molar refractivity (Wildman–Crippen MR) is 88.6 cm³/mol. The normalized spacial score (nSPS) is 24.6. The first-order valence-electron chi connectivity index (χ1n) is 8.83. The molecule has 2 bridgehead atoms. The van der Waals surface area contributed by atoms with Crippen LogP contribution in [0, 0.1) is 17.8 Å². The van der Waals surface area contributed by atoms with Crippen LogP contribution in [0.2, 0.25) is 0 Å². The molecule has 0 aromatic carbocycles. The van der Waals surface area contributed by atoms with Gasteiger partial charge in [-0.25, -0.2) is 4.79 Å². The molecule has 3 rings (SSSR count). The van der Waals surface area contributed by atoms with Gasteiger partial charge in [0.2, 0.25) is 0 Å². The third-order valence-corrected chi connectivity index (χ3v) is 4.98.